The number of carbonyl (C=O) groups is 1. The quantitative estimate of drug-likeness (QED) is 0.382. The topological polar surface area (TPSA) is 66.8 Å². The molecule has 0 aromatic rings. The van der Waals surface area contributed by atoms with Gasteiger partial charge in [-0.05, 0) is 73.0 Å². The van der Waals surface area contributed by atoms with Gasteiger partial charge in [0.05, 0.1) is 12.2 Å². The van der Waals surface area contributed by atoms with Gasteiger partial charge in [-0.25, -0.2) is 0 Å². The first-order chi connectivity index (χ1) is 15.5. The number of carbonyl (C=O) groups excluding carboxylic acids is 1. The van der Waals surface area contributed by atoms with Crippen LogP contribution in [0, 0.1) is 46.3 Å². The van der Waals surface area contributed by atoms with Gasteiger partial charge in [0.1, 0.15) is 6.10 Å². The van der Waals surface area contributed by atoms with E-state index in [1.54, 1.807) is 0 Å². The first-order valence-corrected chi connectivity index (χ1v) is 13.7. The molecule has 4 nitrogen and oxygen atoms in total. The molecule has 0 radical (unpaired) electrons. The second kappa shape index (κ2) is 9.30. The molecule has 0 saturated heterocycles. The van der Waals surface area contributed by atoms with Crippen molar-refractivity contribution in [2.24, 2.45) is 46.3 Å². The zero-order chi connectivity index (χ0) is 24.1. The molecule has 1 unspecified atom stereocenters. The molecule has 0 heterocycles. The summed E-state index contributed by atoms with van der Waals surface area (Å²) >= 11 is 0. The highest BCUT2D eigenvalue weighted by atomic mass is 16.5. The minimum atomic E-state index is -0.506. The van der Waals surface area contributed by atoms with Gasteiger partial charge in [-0.15, -0.1) is 0 Å². The van der Waals surface area contributed by atoms with Crippen molar-refractivity contribution in [2.45, 2.75) is 118 Å². The summed E-state index contributed by atoms with van der Waals surface area (Å²) in [5, 5.41) is 21.9. The second-order valence-corrected chi connectivity index (χ2v) is 13.0. The maximum atomic E-state index is 12.0. The summed E-state index contributed by atoms with van der Waals surface area (Å²) in [7, 11) is 0. The van der Waals surface area contributed by atoms with Crippen molar-refractivity contribution >= 4 is 5.97 Å². The lowest BCUT2D eigenvalue weighted by Crippen LogP contribution is -2.59. The Labute approximate surface area is 201 Å². The number of hydrogen-bond donors (Lipinski definition) is 2. The Morgan fingerprint density at radius 1 is 1.12 bits per heavy atom. The molecule has 4 aliphatic rings. The van der Waals surface area contributed by atoms with E-state index in [0.29, 0.717) is 24.7 Å². The van der Waals surface area contributed by atoms with Crippen LogP contribution in [0.25, 0.3) is 0 Å². The van der Waals surface area contributed by atoms with Crippen molar-refractivity contribution in [3.63, 3.8) is 0 Å². The van der Waals surface area contributed by atoms with Gasteiger partial charge < -0.3 is 14.9 Å². The van der Waals surface area contributed by atoms with Crippen LogP contribution >= 0.6 is 0 Å². The zero-order valence-electron chi connectivity index (χ0n) is 21.8. The highest BCUT2D eigenvalue weighted by Crippen LogP contribution is 2.67. The van der Waals surface area contributed by atoms with Gasteiger partial charge >= 0.3 is 5.97 Å². The molecule has 0 bridgehead atoms. The molecule has 33 heavy (non-hydrogen) atoms. The molecule has 4 rings (SSSR count). The monoisotopic (exact) mass is 460 g/mol. The molecule has 2 N–H and O–H groups in total. The molecule has 0 aromatic heterocycles. The molecule has 3 saturated carbocycles. The van der Waals surface area contributed by atoms with Crippen LogP contribution in [0.5, 0.6) is 0 Å². The van der Waals surface area contributed by atoms with Crippen LogP contribution in [-0.2, 0) is 9.53 Å². The van der Waals surface area contributed by atoms with Crippen LogP contribution in [0.15, 0.2) is 11.6 Å². The Hall–Kier alpha value is -0.870. The zero-order valence-corrected chi connectivity index (χ0v) is 21.8. The van der Waals surface area contributed by atoms with E-state index >= 15 is 0 Å². The van der Waals surface area contributed by atoms with Crippen molar-refractivity contribution in [2.75, 3.05) is 0 Å². The molecule has 4 heteroatoms. The summed E-state index contributed by atoms with van der Waals surface area (Å²) in [5.74, 6) is 3.01. The van der Waals surface area contributed by atoms with Crippen LogP contribution in [0.4, 0.5) is 0 Å². The summed E-state index contributed by atoms with van der Waals surface area (Å²) in [6.45, 7) is 13.4. The summed E-state index contributed by atoms with van der Waals surface area (Å²) in [4.78, 5) is 12.0. The predicted molar refractivity (Wildman–Crippen MR) is 131 cm³/mol. The van der Waals surface area contributed by atoms with E-state index < -0.39 is 12.2 Å². The minimum Gasteiger partial charge on any atom is -0.462 e. The Morgan fingerprint density at radius 2 is 1.85 bits per heavy atom. The molecular weight excluding hydrogens is 412 g/mol. The largest absolute Gasteiger partial charge is 0.462 e. The van der Waals surface area contributed by atoms with E-state index in [2.05, 4.69) is 34.6 Å². The fourth-order valence-electron chi connectivity index (χ4n) is 9.06. The minimum absolute atomic E-state index is 0.221. The second-order valence-electron chi connectivity index (χ2n) is 13.0. The molecule has 4 aliphatic carbocycles. The van der Waals surface area contributed by atoms with Crippen molar-refractivity contribution in [1.82, 2.24) is 0 Å². The molecule has 0 aliphatic heterocycles. The Kier molecular flexibility index (Phi) is 7.11. The third-order valence-electron chi connectivity index (χ3n) is 10.7. The number of rotatable bonds is 6. The summed E-state index contributed by atoms with van der Waals surface area (Å²) in [6.07, 6.45) is 10.6. The average molecular weight is 461 g/mol. The normalized spacial score (nSPS) is 45.6. The SMILES string of the molecule is CC(=O)OC1C[C@@H](O)CC2=C[C@H](O)[C@H]3[C@@H]4CC[C@H]([C@H](C)CCCC(C)C)[C@@]4(C)CC[C@@H]3[C@]21C. The smallest absolute Gasteiger partial charge is 0.302 e. The lowest BCUT2D eigenvalue weighted by atomic mass is 9.45. The molecule has 3 fully saturated rings. The third kappa shape index (κ3) is 4.33. The molecule has 0 amide bonds. The number of hydrogen-bond acceptors (Lipinski definition) is 4. The van der Waals surface area contributed by atoms with Gasteiger partial charge in [0.2, 0.25) is 0 Å². The third-order valence-corrected chi connectivity index (χ3v) is 10.7. The van der Waals surface area contributed by atoms with Crippen LogP contribution in [0.2, 0.25) is 0 Å². The summed E-state index contributed by atoms with van der Waals surface area (Å²) < 4.78 is 5.86. The number of aliphatic hydroxyl groups excluding tert-OH is 2. The van der Waals surface area contributed by atoms with E-state index in [4.69, 9.17) is 4.74 Å². The standard InChI is InChI=1S/C29H48O4/c1-17(2)8-7-9-18(3)22-10-11-23-27-24(12-13-28(22,23)5)29(6)20(15-25(27)32)14-21(31)16-26(29)33-19(4)30/h15,17-18,21-27,31-32H,7-14,16H2,1-6H3/t18-,21+,22-,23+,24+,25+,26?,27+,28-,29+/m1/s1. The number of esters is 1. The van der Waals surface area contributed by atoms with Crippen LogP contribution in [-0.4, -0.2) is 34.5 Å². The van der Waals surface area contributed by atoms with Crippen LogP contribution in [0.3, 0.4) is 0 Å². The van der Waals surface area contributed by atoms with E-state index in [0.717, 1.165) is 29.7 Å². The van der Waals surface area contributed by atoms with E-state index in [9.17, 15) is 15.0 Å². The lowest BCUT2D eigenvalue weighted by molar-refractivity contribution is -0.172. The van der Waals surface area contributed by atoms with E-state index in [-0.39, 0.29) is 28.8 Å². The first kappa shape index (κ1) is 25.2. The number of fused-ring (bicyclic) bond motifs is 5. The first-order valence-electron chi connectivity index (χ1n) is 13.7. The highest BCUT2D eigenvalue weighted by Gasteiger charge is 2.63. The van der Waals surface area contributed by atoms with E-state index in [1.807, 2.05) is 6.08 Å². The maximum absolute atomic E-state index is 12.0. The van der Waals surface area contributed by atoms with Gasteiger partial charge in [-0.3, -0.25) is 4.79 Å². The Bertz CT molecular complexity index is 759. The number of aliphatic hydroxyl groups is 2. The van der Waals surface area contributed by atoms with Gasteiger partial charge in [-0.1, -0.05) is 65.5 Å². The summed E-state index contributed by atoms with van der Waals surface area (Å²) in [5.41, 5.74) is 1.12. The Morgan fingerprint density at radius 3 is 2.52 bits per heavy atom. The van der Waals surface area contributed by atoms with E-state index in [1.165, 1.54) is 45.4 Å². The molecule has 0 spiro atoms. The van der Waals surface area contributed by atoms with Crippen LogP contribution < -0.4 is 0 Å². The van der Waals surface area contributed by atoms with Gasteiger partial charge in [0, 0.05) is 18.8 Å². The van der Waals surface area contributed by atoms with Crippen molar-refractivity contribution < 1.29 is 19.7 Å². The van der Waals surface area contributed by atoms with Crippen molar-refractivity contribution in [3.05, 3.63) is 11.6 Å². The molecule has 10 atom stereocenters. The lowest BCUT2D eigenvalue weighted by Gasteiger charge is -2.60. The highest BCUT2D eigenvalue weighted by molar-refractivity contribution is 5.66. The average Bonchev–Trinajstić information content (AvgIpc) is 3.06. The molecule has 0 aromatic carbocycles. The fourth-order valence-corrected chi connectivity index (χ4v) is 9.06. The molecular formula is C29H48O4. The summed E-state index contributed by atoms with van der Waals surface area (Å²) in [6, 6.07) is 0. The van der Waals surface area contributed by atoms with Gasteiger partial charge in [0.15, 0.2) is 0 Å². The van der Waals surface area contributed by atoms with Crippen molar-refractivity contribution in [3.8, 4) is 0 Å². The number of ether oxygens (including phenoxy) is 1. The van der Waals surface area contributed by atoms with Crippen molar-refractivity contribution in [1.29, 1.82) is 0 Å². The predicted octanol–water partition coefficient (Wildman–Crippen LogP) is 5.90. The van der Waals surface area contributed by atoms with Gasteiger partial charge in [0.25, 0.3) is 0 Å². The molecule has 188 valence electrons. The van der Waals surface area contributed by atoms with Gasteiger partial charge in [-0.2, -0.15) is 0 Å². The fraction of sp³-hybridized carbons (Fsp3) is 0.897. The Balaban J connectivity index is 1.60. The van der Waals surface area contributed by atoms with Crippen LogP contribution in [0.1, 0.15) is 99.3 Å². The maximum Gasteiger partial charge on any atom is 0.302 e.